The molecule has 0 amide bonds. The average Bonchev–Trinajstić information content (AvgIpc) is 3.05. The maximum absolute atomic E-state index is 12.9. The van der Waals surface area contributed by atoms with Gasteiger partial charge in [-0.1, -0.05) is 13.8 Å². The molecule has 1 aromatic carbocycles. The Labute approximate surface area is 139 Å². The average molecular weight is 346 g/mol. The van der Waals surface area contributed by atoms with Crippen molar-refractivity contribution in [3.8, 4) is 5.75 Å². The fraction of sp³-hybridized carbons (Fsp3) is 0.529. The number of hydrogen-bond acceptors (Lipinski definition) is 4. The normalized spacial score (nSPS) is 16.8. The molecule has 1 fully saturated rings. The first kappa shape index (κ1) is 18.6. The fourth-order valence-corrected chi connectivity index (χ4v) is 2.27. The van der Waals surface area contributed by atoms with Crippen molar-refractivity contribution >= 4 is 6.08 Å². The van der Waals surface area contributed by atoms with Gasteiger partial charge in [-0.15, -0.1) is 0 Å². The number of benzene rings is 1. The molecule has 0 bridgehead atoms. The molecule has 24 heavy (non-hydrogen) atoms. The van der Waals surface area contributed by atoms with Crippen molar-refractivity contribution < 1.29 is 32.1 Å². The molecule has 2 rings (SSSR count). The first-order valence-corrected chi connectivity index (χ1v) is 7.50. The van der Waals surface area contributed by atoms with Crippen LogP contribution < -0.4 is 4.74 Å². The van der Waals surface area contributed by atoms with Gasteiger partial charge in [0.25, 0.3) is 0 Å². The van der Waals surface area contributed by atoms with Crippen LogP contribution >= 0.6 is 0 Å². The predicted molar refractivity (Wildman–Crippen MR) is 82.5 cm³/mol. The van der Waals surface area contributed by atoms with Crippen LogP contribution in [0.3, 0.4) is 0 Å². The van der Waals surface area contributed by atoms with Crippen LogP contribution in [-0.4, -0.2) is 33.2 Å². The molecule has 7 heteroatoms. The molecular weight excluding hydrogens is 325 g/mol. The van der Waals surface area contributed by atoms with E-state index in [0.29, 0.717) is 19.0 Å². The second kappa shape index (κ2) is 7.44. The standard InChI is InChI=1S/C17H21F3O4/c1-16(2,15-22-8-9-23-15)11-24-14-5-4-13(17(18,19)20)10-12(14)6-7-21-3/h4-7,10,15H,8-9,11H2,1-3H3. The lowest BCUT2D eigenvalue weighted by Crippen LogP contribution is -2.36. The number of hydrogen-bond donors (Lipinski definition) is 0. The Balaban J connectivity index is 2.17. The van der Waals surface area contributed by atoms with Crippen molar-refractivity contribution in [1.82, 2.24) is 0 Å². The highest BCUT2D eigenvalue weighted by atomic mass is 19.4. The zero-order chi connectivity index (χ0) is 17.8. The van der Waals surface area contributed by atoms with E-state index in [1.54, 1.807) is 0 Å². The predicted octanol–water partition coefficient (Wildman–Crippen LogP) is 4.10. The summed E-state index contributed by atoms with van der Waals surface area (Å²) in [5.74, 6) is 0.336. The van der Waals surface area contributed by atoms with Crippen LogP contribution in [0.2, 0.25) is 0 Å². The van der Waals surface area contributed by atoms with E-state index in [0.717, 1.165) is 12.1 Å². The summed E-state index contributed by atoms with van der Waals surface area (Å²) in [5.41, 5.74) is -0.899. The van der Waals surface area contributed by atoms with Gasteiger partial charge in [-0.25, -0.2) is 0 Å². The highest BCUT2D eigenvalue weighted by Gasteiger charge is 2.35. The Morgan fingerprint density at radius 2 is 1.88 bits per heavy atom. The summed E-state index contributed by atoms with van der Waals surface area (Å²) in [6.45, 7) is 5.11. The molecule has 1 saturated heterocycles. The van der Waals surface area contributed by atoms with Crippen molar-refractivity contribution in [2.75, 3.05) is 26.9 Å². The van der Waals surface area contributed by atoms with Crippen LogP contribution in [0.1, 0.15) is 25.0 Å². The molecule has 0 radical (unpaired) electrons. The second-order valence-corrected chi connectivity index (χ2v) is 6.14. The first-order chi connectivity index (χ1) is 11.2. The molecule has 1 aliphatic rings. The summed E-state index contributed by atoms with van der Waals surface area (Å²) in [4.78, 5) is 0. The molecule has 0 N–H and O–H groups in total. The fourth-order valence-electron chi connectivity index (χ4n) is 2.27. The zero-order valence-electron chi connectivity index (χ0n) is 13.9. The van der Waals surface area contributed by atoms with Crippen LogP contribution in [-0.2, 0) is 20.4 Å². The van der Waals surface area contributed by atoms with E-state index in [-0.39, 0.29) is 12.2 Å². The highest BCUT2D eigenvalue weighted by Crippen LogP contribution is 2.34. The molecule has 0 atom stereocenters. The Morgan fingerprint density at radius 1 is 1.21 bits per heavy atom. The van der Waals surface area contributed by atoms with E-state index in [1.165, 1.54) is 25.5 Å². The number of rotatable bonds is 6. The monoisotopic (exact) mass is 346 g/mol. The first-order valence-electron chi connectivity index (χ1n) is 7.50. The van der Waals surface area contributed by atoms with Gasteiger partial charge in [-0.2, -0.15) is 13.2 Å². The largest absolute Gasteiger partial charge is 0.504 e. The molecule has 0 aromatic heterocycles. The SMILES string of the molecule is COC=Cc1cc(C(F)(F)F)ccc1OCC(C)(C)C1OCCO1. The van der Waals surface area contributed by atoms with E-state index in [1.807, 2.05) is 13.8 Å². The second-order valence-electron chi connectivity index (χ2n) is 6.14. The Morgan fingerprint density at radius 3 is 2.46 bits per heavy atom. The van der Waals surface area contributed by atoms with Crippen LogP contribution in [0.4, 0.5) is 13.2 Å². The molecule has 4 nitrogen and oxygen atoms in total. The Kier molecular flexibility index (Phi) is 5.77. The van der Waals surface area contributed by atoms with Crippen molar-refractivity contribution in [2.24, 2.45) is 5.41 Å². The van der Waals surface area contributed by atoms with Gasteiger partial charge >= 0.3 is 6.18 Å². The van der Waals surface area contributed by atoms with Crippen LogP contribution in [0, 0.1) is 5.41 Å². The number of halogens is 3. The molecule has 134 valence electrons. The van der Waals surface area contributed by atoms with Gasteiger partial charge in [0.2, 0.25) is 0 Å². The lowest BCUT2D eigenvalue weighted by atomic mass is 9.94. The lowest BCUT2D eigenvalue weighted by molar-refractivity contribution is -0.137. The maximum atomic E-state index is 12.9. The molecular formula is C17H21F3O4. The topological polar surface area (TPSA) is 36.9 Å². The van der Waals surface area contributed by atoms with Crippen molar-refractivity contribution in [3.05, 3.63) is 35.6 Å². The van der Waals surface area contributed by atoms with Gasteiger partial charge in [-0.3, -0.25) is 0 Å². The van der Waals surface area contributed by atoms with Gasteiger partial charge in [0.1, 0.15) is 5.75 Å². The third-order valence-corrected chi connectivity index (χ3v) is 3.58. The van der Waals surface area contributed by atoms with Crippen LogP contribution in [0.25, 0.3) is 6.08 Å². The molecule has 0 unspecified atom stereocenters. The minimum absolute atomic E-state index is 0.233. The molecule has 1 aromatic rings. The van der Waals surface area contributed by atoms with Gasteiger partial charge in [-0.05, 0) is 24.3 Å². The molecule has 0 saturated carbocycles. The van der Waals surface area contributed by atoms with E-state index < -0.39 is 23.4 Å². The number of alkyl halides is 3. The molecule has 1 aliphatic heterocycles. The summed E-state index contributed by atoms with van der Waals surface area (Å²) in [7, 11) is 1.42. The van der Waals surface area contributed by atoms with Crippen molar-refractivity contribution in [3.63, 3.8) is 0 Å². The number of methoxy groups -OCH3 is 1. The van der Waals surface area contributed by atoms with Crippen molar-refractivity contribution in [2.45, 2.75) is 26.3 Å². The van der Waals surface area contributed by atoms with E-state index >= 15 is 0 Å². The molecule has 1 heterocycles. The molecule has 0 aliphatic carbocycles. The zero-order valence-corrected chi connectivity index (χ0v) is 13.9. The summed E-state index contributed by atoms with van der Waals surface area (Å²) in [6, 6.07) is 3.33. The minimum atomic E-state index is -4.42. The van der Waals surface area contributed by atoms with Crippen LogP contribution in [0.15, 0.2) is 24.5 Å². The Bertz CT molecular complexity index is 576. The third kappa shape index (κ3) is 4.64. The van der Waals surface area contributed by atoms with Gasteiger partial charge in [0.05, 0.1) is 38.8 Å². The van der Waals surface area contributed by atoms with Crippen molar-refractivity contribution in [1.29, 1.82) is 0 Å². The van der Waals surface area contributed by atoms with Gasteiger partial charge in [0.15, 0.2) is 6.29 Å². The smallest absolute Gasteiger partial charge is 0.416 e. The maximum Gasteiger partial charge on any atom is 0.416 e. The van der Waals surface area contributed by atoms with Gasteiger partial charge in [0, 0.05) is 11.0 Å². The summed E-state index contributed by atoms with van der Waals surface area (Å²) in [5, 5.41) is 0. The summed E-state index contributed by atoms with van der Waals surface area (Å²) >= 11 is 0. The van der Waals surface area contributed by atoms with E-state index in [9.17, 15) is 13.2 Å². The summed E-state index contributed by atoms with van der Waals surface area (Å²) in [6.07, 6.45) is -2.08. The molecule has 0 spiro atoms. The third-order valence-electron chi connectivity index (χ3n) is 3.58. The number of ether oxygens (including phenoxy) is 4. The quantitative estimate of drug-likeness (QED) is 0.727. The van der Waals surface area contributed by atoms with E-state index in [2.05, 4.69) is 0 Å². The van der Waals surface area contributed by atoms with Crippen LogP contribution in [0.5, 0.6) is 5.75 Å². The van der Waals surface area contributed by atoms with Gasteiger partial charge < -0.3 is 18.9 Å². The van der Waals surface area contributed by atoms with E-state index in [4.69, 9.17) is 18.9 Å². The highest BCUT2D eigenvalue weighted by molar-refractivity contribution is 5.58. The summed E-state index contributed by atoms with van der Waals surface area (Å²) < 4.78 is 60.1. The minimum Gasteiger partial charge on any atom is -0.504 e. The Hall–Kier alpha value is -1.73. The lowest BCUT2D eigenvalue weighted by Gasteiger charge is -2.29.